The molecular weight excluding hydrogens is 412 g/mol. The third-order valence-corrected chi connectivity index (χ3v) is 5.76. The number of hydrogen-bond acceptors (Lipinski definition) is 6. The first-order valence-electron chi connectivity index (χ1n) is 9.61. The highest BCUT2D eigenvalue weighted by molar-refractivity contribution is 7.14. The van der Waals surface area contributed by atoms with Crippen LogP contribution >= 0.6 is 11.3 Å². The molecule has 0 radical (unpaired) electrons. The fraction of sp³-hybridized carbons (Fsp3) is 0.174. The summed E-state index contributed by atoms with van der Waals surface area (Å²) in [5.74, 6) is 1.03. The molecule has 31 heavy (non-hydrogen) atoms. The Kier molecular flexibility index (Phi) is 5.73. The molecule has 0 saturated heterocycles. The summed E-state index contributed by atoms with van der Waals surface area (Å²) in [7, 11) is 3.19. The van der Waals surface area contributed by atoms with E-state index in [-0.39, 0.29) is 5.91 Å². The van der Waals surface area contributed by atoms with Crippen LogP contribution in [0.15, 0.2) is 54.0 Å². The van der Waals surface area contributed by atoms with Gasteiger partial charge in [-0.25, -0.2) is 9.67 Å². The molecule has 2 heterocycles. The van der Waals surface area contributed by atoms with E-state index < -0.39 is 0 Å². The number of methoxy groups -OCH3 is 2. The van der Waals surface area contributed by atoms with Crippen molar-refractivity contribution in [3.05, 3.63) is 70.9 Å². The molecule has 8 heteroatoms. The van der Waals surface area contributed by atoms with Gasteiger partial charge in [-0.3, -0.25) is 10.1 Å². The smallest absolute Gasteiger partial charge is 0.260 e. The van der Waals surface area contributed by atoms with E-state index in [0.29, 0.717) is 22.2 Å². The average Bonchev–Trinajstić information content (AvgIpc) is 3.40. The number of hydrogen-bond donors (Lipinski definition) is 1. The van der Waals surface area contributed by atoms with Crippen molar-refractivity contribution in [2.24, 2.45) is 0 Å². The zero-order valence-corrected chi connectivity index (χ0v) is 18.5. The molecule has 0 saturated carbocycles. The molecule has 2 aromatic carbocycles. The summed E-state index contributed by atoms with van der Waals surface area (Å²) in [6.07, 6.45) is 1.58. The number of nitrogens with one attached hydrogen (secondary N) is 1. The molecule has 7 nitrogen and oxygen atoms in total. The Bertz CT molecular complexity index is 1250. The topological polar surface area (TPSA) is 78.3 Å². The molecule has 4 rings (SSSR count). The molecule has 2 aromatic heterocycles. The first-order valence-corrected chi connectivity index (χ1v) is 10.5. The molecule has 0 aliphatic carbocycles. The Balaban J connectivity index is 1.55. The van der Waals surface area contributed by atoms with Gasteiger partial charge in [0.25, 0.3) is 5.91 Å². The van der Waals surface area contributed by atoms with E-state index in [2.05, 4.69) is 15.4 Å². The van der Waals surface area contributed by atoms with Crippen LogP contribution in [0.4, 0.5) is 5.13 Å². The predicted octanol–water partition coefficient (Wildman–Crippen LogP) is 4.88. The lowest BCUT2D eigenvalue weighted by molar-refractivity contribution is 0.102. The minimum absolute atomic E-state index is 0.245. The molecule has 0 unspecified atom stereocenters. The maximum absolute atomic E-state index is 12.9. The monoisotopic (exact) mass is 434 g/mol. The maximum atomic E-state index is 12.9. The van der Waals surface area contributed by atoms with Crippen LogP contribution in [-0.2, 0) is 0 Å². The van der Waals surface area contributed by atoms with Gasteiger partial charge in [0, 0.05) is 10.9 Å². The number of carbonyl (C=O) groups excluding carboxylic acids is 1. The Hall–Kier alpha value is -3.65. The lowest BCUT2D eigenvalue weighted by Crippen LogP contribution is -2.13. The summed E-state index contributed by atoms with van der Waals surface area (Å²) in [6.45, 7) is 3.90. The largest absolute Gasteiger partial charge is 0.493 e. The molecule has 0 fully saturated rings. The van der Waals surface area contributed by atoms with Gasteiger partial charge in [0.05, 0.1) is 43.1 Å². The number of aryl methyl sites for hydroxylation is 1. The number of aromatic nitrogens is 3. The second-order valence-corrected chi connectivity index (χ2v) is 7.76. The number of carbonyl (C=O) groups is 1. The van der Waals surface area contributed by atoms with E-state index >= 15 is 0 Å². The number of ether oxygens (including phenoxy) is 2. The zero-order valence-electron chi connectivity index (χ0n) is 17.7. The SMILES string of the molecule is COc1ccc(-c2csc(NC(=O)c3cnn(-c4ccccc4C)c3C)n2)cc1OC. The van der Waals surface area contributed by atoms with Crippen molar-refractivity contribution in [2.45, 2.75) is 13.8 Å². The van der Waals surface area contributed by atoms with Crippen molar-refractivity contribution < 1.29 is 14.3 Å². The molecule has 0 bridgehead atoms. The van der Waals surface area contributed by atoms with Crippen LogP contribution in [0.5, 0.6) is 11.5 Å². The first kappa shape index (κ1) is 20.6. The van der Waals surface area contributed by atoms with Crippen LogP contribution in [-0.4, -0.2) is 34.9 Å². The van der Waals surface area contributed by atoms with Crippen molar-refractivity contribution in [3.63, 3.8) is 0 Å². The van der Waals surface area contributed by atoms with Crippen molar-refractivity contribution in [3.8, 4) is 28.4 Å². The number of benzene rings is 2. The van der Waals surface area contributed by atoms with E-state index in [1.165, 1.54) is 11.3 Å². The average molecular weight is 435 g/mol. The maximum Gasteiger partial charge on any atom is 0.260 e. The van der Waals surface area contributed by atoms with Gasteiger partial charge in [-0.2, -0.15) is 5.10 Å². The number of nitrogens with zero attached hydrogens (tertiary/aromatic N) is 3. The van der Waals surface area contributed by atoms with Gasteiger partial charge >= 0.3 is 0 Å². The van der Waals surface area contributed by atoms with Gasteiger partial charge in [0.15, 0.2) is 16.6 Å². The van der Waals surface area contributed by atoms with Crippen molar-refractivity contribution in [1.82, 2.24) is 14.8 Å². The highest BCUT2D eigenvalue weighted by Crippen LogP contribution is 2.33. The standard InChI is InChI=1S/C23H22N4O3S/c1-14-7-5-6-8-19(14)27-15(2)17(12-24-27)22(28)26-23-25-18(13-31-23)16-9-10-20(29-3)21(11-16)30-4/h5-13H,1-4H3,(H,25,26,28). The fourth-order valence-corrected chi connectivity index (χ4v) is 4.01. The Labute approximate surface area is 184 Å². The molecule has 158 valence electrons. The molecule has 0 aliphatic heterocycles. The Morgan fingerprint density at radius 3 is 2.58 bits per heavy atom. The second kappa shape index (κ2) is 8.61. The van der Waals surface area contributed by atoms with E-state index in [1.54, 1.807) is 25.1 Å². The number of para-hydroxylation sites is 1. The Morgan fingerprint density at radius 1 is 1.06 bits per heavy atom. The minimum Gasteiger partial charge on any atom is -0.493 e. The third-order valence-electron chi connectivity index (χ3n) is 5.00. The van der Waals surface area contributed by atoms with Gasteiger partial charge in [-0.1, -0.05) is 18.2 Å². The summed E-state index contributed by atoms with van der Waals surface area (Å²) < 4.78 is 12.4. The number of thiazole rings is 1. The molecule has 0 aliphatic rings. The van der Waals surface area contributed by atoms with Crippen LogP contribution in [0, 0.1) is 13.8 Å². The molecular formula is C23H22N4O3S. The summed E-state index contributed by atoms with van der Waals surface area (Å²) >= 11 is 1.36. The van der Waals surface area contributed by atoms with Crippen molar-refractivity contribution in [1.29, 1.82) is 0 Å². The molecule has 1 N–H and O–H groups in total. The Morgan fingerprint density at radius 2 is 1.84 bits per heavy atom. The van der Waals surface area contributed by atoms with Gasteiger partial charge in [0.2, 0.25) is 0 Å². The lowest BCUT2D eigenvalue weighted by Gasteiger charge is -2.08. The van der Waals surface area contributed by atoms with E-state index in [9.17, 15) is 4.79 Å². The second-order valence-electron chi connectivity index (χ2n) is 6.90. The van der Waals surface area contributed by atoms with Crippen LogP contribution in [0.3, 0.4) is 0 Å². The van der Waals surface area contributed by atoms with Gasteiger partial charge in [-0.05, 0) is 43.7 Å². The lowest BCUT2D eigenvalue weighted by atomic mass is 10.1. The van der Waals surface area contributed by atoms with E-state index in [4.69, 9.17) is 9.47 Å². The molecule has 1 amide bonds. The summed E-state index contributed by atoms with van der Waals surface area (Å²) in [4.78, 5) is 17.4. The van der Waals surface area contributed by atoms with Crippen molar-refractivity contribution >= 4 is 22.4 Å². The van der Waals surface area contributed by atoms with E-state index in [1.807, 2.05) is 61.7 Å². The van der Waals surface area contributed by atoms with Gasteiger partial charge in [0.1, 0.15) is 0 Å². The van der Waals surface area contributed by atoms with Crippen molar-refractivity contribution in [2.75, 3.05) is 19.5 Å². The predicted molar refractivity (Wildman–Crippen MR) is 122 cm³/mol. The van der Waals surface area contributed by atoms with E-state index in [0.717, 1.165) is 28.2 Å². The fourth-order valence-electron chi connectivity index (χ4n) is 3.30. The minimum atomic E-state index is -0.245. The van der Waals surface area contributed by atoms with Crippen LogP contribution in [0.2, 0.25) is 0 Å². The first-order chi connectivity index (χ1) is 15.0. The zero-order chi connectivity index (χ0) is 22.0. The molecule has 0 atom stereocenters. The third kappa shape index (κ3) is 4.02. The van der Waals surface area contributed by atoms with Crippen LogP contribution in [0.25, 0.3) is 16.9 Å². The number of amides is 1. The summed E-state index contributed by atoms with van der Waals surface area (Å²) in [6, 6.07) is 13.5. The van der Waals surface area contributed by atoms with Crippen LogP contribution in [0.1, 0.15) is 21.6 Å². The van der Waals surface area contributed by atoms with Crippen LogP contribution < -0.4 is 14.8 Å². The number of rotatable bonds is 6. The van der Waals surface area contributed by atoms with Gasteiger partial charge < -0.3 is 9.47 Å². The summed E-state index contributed by atoms with van der Waals surface area (Å²) in [5, 5.41) is 9.69. The number of anilines is 1. The highest BCUT2D eigenvalue weighted by Gasteiger charge is 2.18. The van der Waals surface area contributed by atoms with Gasteiger partial charge in [-0.15, -0.1) is 11.3 Å². The molecule has 0 spiro atoms. The highest BCUT2D eigenvalue weighted by atomic mass is 32.1. The quantitative estimate of drug-likeness (QED) is 0.468. The molecule has 4 aromatic rings. The summed E-state index contributed by atoms with van der Waals surface area (Å²) in [5.41, 5.74) is 4.92. The normalized spacial score (nSPS) is 10.7.